The first-order valence-electron chi connectivity index (χ1n) is 6.36. The molecule has 21 heavy (non-hydrogen) atoms. The third-order valence-electron chi connectivity index (χ3n) is 2.67. The normalized spacial score (nSPS) is 10.6. The van der Waals surface area contributed by atoms with Crippen LogP contribution in [0.15, 0.2) is 54.6 Å². The molecule has 0 atom stereocenters. The highest BCUT2D eigenvalue weighted by Gasteiger charge is 2.02. The van der Waals surface area contributed by atoms with Gasteiger partial charge >= 0.3 is 6.03 Å². The number of nitrogens with one attached hydrogen (secondary N) is 2. The second kappa shape index (κ2) is 7.72. The fraction of sp³-hybridized carbons (Fsp3) is 0.0625. The van der Waals surface area contributed by atoms with Crippen molar-refractivity contribution in [1.29, 1.82) is 0 Å². The summed E-state index contributed by atoms with van der Waals surface area (Å²) >= 11 is 11.7. The molecule has 2 aromatic rings. The Morgan fingerprint density at radius 1 is 1.05 bits per heavy atom. The molecule has 0 spiro atoms. The maximum atomic E-state index is 11.7. The second-order valence-electron chi connectivity index (χ2n) is 4.28. The summed E-state index contributed by atoms with van der Waals surface area (Å²) in [4.78, 5) is 11.7. The number of halogens is 2. The Bertz CT molecular complexity index is 642. The molecule has 2 aromatic carbocycles. The molecule has 0 aliphatic heterocycles. The molecule has 0 aliphatic rings. The number of carbonyl (C=O) groups is 1. The standard InChI is InChI=1S/C16H14Cl2N2O/c17-14-9-8-13(11-15(14)18)20-16(21)19-10-4-7-12-5-2-1-3-6-12/h1-9,11H,10H2,(H2,19,20,21). The molecule has 108 valence electrons. The Kier molecular flexibility index (Phi) is 5.67. The van der Waals surface area contributed by atoms with E-state index < -0.39 is 0 Å². The zero-order chi connectivity index (χ0) is 15.1. The average molecular weight is 321 g/mol. The van der Waals surface area contributed by atoms with E-state index in [0.717, 1.165) is 5.56 Å². The minimum Gasteiger partial charge on any atom is -0.334 e. The number of benzene rings is 2. The third-order valence-corrected chi connectivity index (χ3v) is 3.41. The lowest BCUT2D eigenvalue weighted by molar-refractivity contribution is 0.253. The van der Waals surface area contributed by atoms with Crippen LogP contribution in [0.5, 0.6) is 0 Å². The zero-order valence-electron chi connectivity index (χ0n) is 11.1. The molecule has 0 aromatic heterocycles. The number of urea groups is 1. The van der Waals surface area contributed by atoms with Crippen molar-refractivity contribution in [3.05, 3.63) is 70.2 Å². The van der Waals surface area contributed by atoms with Gasteiger partial charge in [-0.05, 0) is 23.8 Å². The van der Waals surface area contributed by atoms with E-state index in [2.05, 4.69) is 10.6 Å². The van der Waals surface area contributed by atoms with Crippen LogP contribution in [0.1, 0.15) is 5.56 Å². The molecular weight excluding hydrogens is 307 g/mol. The number of rotatable bonds is 4. The van der Waals surface area contributed by atoms with Gasteiger partial charge < -0.3 is 10.6 Å². The molecule has 0 radical (unpaired) electrons. The van der Waals surface area contributed by atoms with Crippen LogP contribution in [-0.2, 0) is 0 Å². The van der Waals surface area contributed by atoms with E-state index in [1.807, 2.05) is 42.5 Å². The van der Waals surface area contributed by atoms with Crippen LogP contribution in [0.4, 0.5) is 10.5 Å². The van der Waals surface area contributed by atoms with E-state index in [1.165, 1.54) is 0 Å². The monoisotopic (exact) mass is 320 g/mol. The summed E-state index contributed by atoms with van der Waals surface area (Å²) in [6.07, 6.45) is 3.82. The van der Waals surface area contributed by atoms with Gasteiger partial charge in [0.2, 0.25) is 0 Å². The van der Waals surface area contributed by atoms with Gasteiger partial charge in [0.1, 0.15) is 0 Å². The average Bonchev–Trinajstić information content (AvgIpc) is 2.49. The SMILES string of the molecule is O=C(NCC=Cc1ccccc1)Nc1ccc(Cl)c(Cl)c1. The summed E-state index contributed by atoms with van der Waals surface area (Å²) < 4.78 is 0. The molecule has 0 saturated carbocycles. The molecule has 3 nitrogen and oxygen atoms in total. The summed E-state index contributed by atoms with van der Waals surface area (Å²) in [5.74, 6) is 0. The Morgan fingerprint density at radius 2 is 1.81 bits per heavy atom. The smallest absolute Gasteiger partial charge is 0.319 e. The summed E-state index contributed by atoms with van der Waals surface area (Å²) in [6, 6.07) is 14.5. The summed E-state index contributed by atoms with van der Waals surface area (Å²) in [6.45, 7) is 0.433. The lowest BCUT2D eigenvalue weighted by Gasteiger charge is -2.06. The number of carbonyl (C=O) groups excluding carboxylic acids is 1. The van der Waals surface area contributed by atoms with Gasteiger partial charge in [-0.25, -0.2) is 4.79 Å². The second-order valence-corrected chi connectivity index (χ2v) is 5.09. The Balaban J connectivity index is 1.79. The molecule has 2 rings (SSSR count). The predicted octanol–water partition coefficient (Wildman–Crippen LogP) is 4.83. The van der Waals surface area contributed by atoms with Crippen LogP contribution in [0.3, 0.4) is 0 Å². The van der Waals surface area contributed by atoms with Gasteiger partial charge in [0.25, 0.3) is 0 Å². The fourth-order valence-electron chi connectivity index (χ4n) is 1.66. The molecular formula is C16H14Cl2N2O. The van der Waals surface area contributed by atoms with Crippen molar-refractivity contribution in [1.82, 2.24) is 5.32 Å². The van der Waals surface area contributed by atoms with Crippen molar-refractivity contribution in [3.63, 3.8) is 0 Å². The summed E-state index contributed by atoms with van der Waals surface area (Å²) in [7, 11) is 0. The van der Waals surface area contributed by atoms with Gasteiger partial charge in [0.15, 0.2) is 0 Å². The van der Waals surface area contributed by atoms with Crippen LogP contribution in [0.25, 0.3) is 6.08 Å². The number of hydrogen-bond donors (Lipinski definition) is 2. The summed E-state index contributed by atoms with van der Waals surface area (Å²) in [5, 5.41) is 6.26. The lowest BCUT2D eigenvalue weighted by Crippen LogP contribution is -2.28. The first kappa shape index (κ1) is 15.4. The van der Waals surface area contributed by atoms with Gasteiger partial charge in [-0.3, -0.25) is 0 Å². The molecule has 2 N–H and O–H groups in total. The number of hydrogen-bond acceptors (Lipinski definition) is 1. The van der Waals surface area contributed by atoms with Crippen molar-refractivity contribution in [3.8, 4) is 0 Å². The number of amides is 2. The lowest BCUT2D eigenvalue weighted by atomic mass is 10.2. The van der Waals surface area contributed by atoms with Gasteiger partial charge in [0.05, 0.1) is 10.0 Å². The number of anilines is 1. The Labute approximate surface area is 133 Å². The van der Waals surface area contributed by atoms with Crippen LogP contribution < -0.4 is 10.6 Å². The van der Waals surface area contributed by atoms with E-state index in [0.29, 0.717) is 22.3 Å². The van der Waals surface area contributed by atoms with E-state index >= 15 is 0 Å². The largest absolute Gasteiger partial charge is 0.334 e. The van der Waals surface area contributed by atoms with E-state index in [-0.39, 0.29) is 6.03 Å². The van der Waals surface area contributed by atoms with Crippen molar-refractivity contribution >= 4 is 41.0 Å². The Morgan fingerprint density at radius 3 is 2.52 bits per heavy atom. The minimum atomic E-state index is -0.300. The highest BCUT2D eigenvalue weighted by molar-refractivity contribution is 6.42. The molecule has 0 aliphatic carbocycles. The summed E-state index contributed by atoms with van der Waals surface area (Å²) in [5.41, 5.74) is 1.68. The van der Waals surface area contributed by atoms with Gasteiger partial charge in [0, 0.05) is 12.2 Å². The van der Waals surface area contributed by atoms with Crippen molar-refractivity contribution in [2.75, 3.05) is 11.9 Å². The maximum absolute atomic E-state index is 11.7. The third kappa shape index (κ3) is 5.14. The van der Waals surface area contributed by atoms with Crippen molar-refractivity contribution < 1.29 is 4.79 Å². The Hall–Kier alpha value is -1.97. The molecule has 5 heteroatoms. The first-order valence-corrected chi connectivity index (χ1v) is 7.12. The van der Waals surface area contributed by atoms with E-state index in [4.69, 9.17) is 23.2 Å². The quantitative estimate of drug-likeness (QED) is 0.832. The van der Waals surface area contributed by atoms with Crippen molar-refractivity contribution in [2.45, 2.75) is 0 Å². The van der Waals surface area contributed by atoms with E-state index in [9.17, 15) is 4.79 Å². The molecule has 0 heterocycles. The highest BCUT2D eigenvalue weighted by atomic mass is 35.5. The zero-order valence-corrected chi connectivity index (χ0v) is 12.7. The van der Waals surface area contributed by atoms with Crippen LogP contribution in [0, 0.1) is 0 Å². The molecule has 0 unspecified atom stereocenters. The first-order chi connectivity index (χ1) is 10.1. The van der Waals surface area contributed by atoms with Crippen molar-refractivity contribution in [2.24, 2.45) is 0 Å². The molecule has 2 amide bonds. The van der Waals surface area contributed by atoms with Gasteiger partial charge in [-0.2, -0.15) is 0 Å². The highest BCUT2D eigenvalue weighted by Crippen LogP contribution is 2.24. The van der Waals surface area contributed by atoms with Gasteiger partial charge in [-0.1, -0.05) is 65.7 Å². The van der Waals surface area contributed by atoms with Gasteiger partial charge in [-0.15, -0.1) is 0 Å². The van der Waals surface area contributed by atoms with Crippen LogP contribution in [-0.4, -0.2) is 12.6 Å². The molecule has 0 saturated heterocycles. The topological polar surface area (TPSA) is 41.1 Å². The maximum Gasteiger partial charge on any atom is 0.319 e. The molecule has 0 bridgehead atoms. The molecule has 0 fully saturated rings. The fourth-order valence-corrected chi connectivity index (χ4v) is 1.96. The predicted molar refractivity (Wildman–Crippen MR) is 89.0 cm³/mol. The minimum absolute atomic E-state index is 0.300. The van der Waals surface area contributed by atoms with Crippen LogP contribution >= 0.6 is 23.2 Å². The van der Waals surface area contributed by atoms with Crippen LogP contribution in [0.2, 0.25) is 10.0 Å². The van der Waals surface area contributed by atoms with E-state index in [1.54, 1.807) is 18.2 Å².